The number of hydrogen-bond donors (Lipinski definition) is 1. The molecule has 0 fully saturated rings. The summed E-state index contributed by atoms with van der Waals surface area (Å²) >= 11 is 0. The number of anilines is 2. The van der Waals surface area contributed by atoms with Crippen LogP contribution in [0.5, 0.6) is 0 Å². The molecule has 0 radical (unpaired) electrons. The summed E-state index contributed by atoms with van der Waals surface area (Å²) in [4.78, 5) is 12.5. The fourth-order valence-corrected chi connectivity index (χ4v) is 3.38. The fraction of sp³-hybridized carbons (Fsp3) is 0.278. The SMILES string of the molecule is Cc1cccc(NC(=O)CN(c2ccc(F)cc2)S(=O)(=O)N(C)C)c1C. The van der Waals surface area contributed by atoms with E-state index in [1.807, 2.05) is 26.0 Å². The minimum absolute atomic E-state index is 0.205. The lowest BCUT2D eigenvalue weighted by molar-refractivity contribution is -0.114. The average Bonchev–Trinajstić information content (AvgIpc) is 2.57. The predicted octanol–water partition coefficient (Wildman–Crippen LogP) is 2.69. The maximum atomic E-state index is 13.2. The van der Waals surface area contributed by atoms with Gasteiger partial charge in [-0.25, -0.2) is 8.70 Å². The van der Waals surface area contributed by atoms with Gasteiger partial charge in [0.2, 0.25) is 5.91 Å². The number of halogens is 1. The van der Waals surface area contributed by atoms with Gasteiger partial charge < -0.3 is 5.32 Å². The Bertz CT molecular complexity index is 896. The van der Waals surface area contributed by atoms with Crippen molar-refractivity contribution < 1.29 is 17.6 Å². The van der Waals surface area contributed by atoms with Gasteiger partial charge in [-0.15, -0.1) is 0 Å². The highest BCUT2D eigenvalue weighted by Gasteiger charge is 2.27. The summed E-state index contributed by atoms with van der Waals surface area (Å²) < 4.78 is 40.3. The molecule has 0 aromatic heterocycles. The van der Waals surface area contributed by atoms with Gasteiger partial charge in [-0.05, 0) is 55.3 Å². The molecule has 0 bridgehead atoms. The summed E-state index contributed by atoms with van der Waals surface area (Å²) in [6.07, 6.45) is 0. The molecule has 1 N–H and O–H groups in total. The van der Waals surface area contributed by atoms with Crippen LogP contribution in [0.1, 0.15) is 11.1 Å². The van der Waals surface area contributed by atoms with Crippen LogP contribution in [0.15, 0.2) is 42.5 Å². The number of carbonyl (C=O) groups excluding carboxylic acids is 1. The van der Waals surface area contributed by atoms with E-state index >= 15 is 0 Å². The molecule has 140 valence electrons. The van der Waals surface area contributed by atoms with Crippen molar-refractivity contribution in [2.75, 3.05) is 30.3 Å². The Morgan fingerprint density at radius 2 is 1.69 bits per heavy atom. The number of amides is 1. The van der Waals surface area contributed by atoms with E-state index in [-0.39, 0.29) is 5.69 Å². The van der Waals surface area contributed by atoms with Crippen LogP contribution in [0.25, 0.3) is 0 Å². The molecule has 26 heavy (non-hydrogen) atoms. The number of nitrogens with one attached hydrogen (secondary N) is 1. The Balaban J connectivity index is 2.30. The van der Waals surface area contributed by atoms with Crippen LogP contribution in [-0.2, 0) is 15.0 Å². The lowest BCUT2D eigenvalue weighted by atomic mass is 10.1. The van der Waals surface area contributed by atoms with Gasteiger partial charge in [-0.1, -0.05) is 12.1 Å². The molecule has 2 aromatic rings. The van der Waals surface area contributed by atoms with Crippen molar-refractivity contribution in [1.29, 1.82) is 0 Å². The molecular weight excluding hydrogens is 357 g/mol. The monoisotopic (exact) mass is 379 g/mol. The number of nitrogens with zero attached hydrogens (tertiary/aromatic N) is 2. The van der Waals surface area contributed by atoms with Crippen LogP contribution < -0.4 is 9.62 Å². The molecule has 2 aromatic carbocycles. The average molecular weight is 379 g/mol. The van der Waals surface area contributed by atoms with Gasteiger partial charge in [0.15, 0.2) is 0 Å². The molecule has 0 aliphatic heterocycles. The first-order valence-electron chi connectivity index (χ1n) is 7.94. The largest absolute Gasteiger partial charge is 0.324 e. The molecule has 0 atom stereocenters. The molecule has 0 saturated heterocycles. The van der Waals surface area contributed by atoms with Crippen LogP contribution in [0.4, 0.5) is 15.8 Å². The van der Waals surface area contributed by atoms with Gasteiger partial charge >= 0.3 is 10.2 Å². The summed E-state index contributed by atoms with van der Waals surface area (Å²) in [5, 5.41) is 2.74. The molecule has 0 spiro atoms. The van der Waals surface area contributed by atoms with Crippen LogP contribution in [-0.4, -0.2) is 39.3 Å². The van der Waals surface area contributed by atoms with E-state index in [1.54, 1.807) is 6.07 Å². The van der Waals surface area contributed by atoms with Gasteiger partial charge in [0, 0.05) is 19.8 Å². The zero-order valence-corrected chi connectivity index (χ0v) is 16.0. The third-order valence-electron chi connectivity index (χ3n) is 4.02. The number of benzene rings is 2. The van der Waals surface area contributed by atoms with Crippen LogP contribution in [0.2, 0.25) is 0 Å². The van der Waals surface area contributed by atoms with E-state index in [1.165, 1.54) is 26.2 Å². The summed E-state index contributed by atoms with van der Waals surface area (Å²) in [6.45, 7) is 3.37. The van der Waals surface area contributed by atoms with E-state index in [0.717, 1.165) is 31.9 Å². The minimum Gasteiger partial charge on any atom is -0.324 e. The molecule has 0 heterocycles. The van der Waals surface area contributed by atoms with Gasteiger partial charge in [0.1, 0.15) is 12.4 Å². The number of carbonyl (C=O) groups is 1. The third kappa shape index (κ3) is 4.39. The second-order valence-electron chi connectivity index (χ2n) is 6.07. The second kappa shape index (κ2) is 7.84. The first kappa shape index (κ1) is 19.9. The maximum Gasteiger partial charge on any atom is 0.304 e. The Morgan fingerprint density at radius 3 is 2.27 bits per heavy atom. The summed E-state index contributed by atoms with van der Waals surface area (Å²) in [6, 6.07) is 10.4. The molecular formula is C18H22FN3O3S. The predicted molar refractivity (Wildman–Crippen MR) is 101 cm³/mol. The Hall–Kier alpha value is -2.45. The van der Waals surface area contributed by atoms with Crippen molar-refractivity contribution in [3.8, 4) is 0 Å². The molecule has 0 aliphatic rings. The first-order chi connectivity index (χ1) is 12.1. The number of hydrogen-bond acceptors (Lipinski definition) is 3. The smallest absolute Gasteiger partial charge is 0.304 e. The standard InChI is InChI=1S/C18H22FN3O3S/c1-13-6-5-7-17(14(13)2)20-18(23)12-22(26(24,25)21(3)4)16-10-8-15(19)9-11-16/h5-11H,12H2,1-4H3,(H,20,23). The Morgan fingerprint density at radius 1 is 1.08 bits per heavy atom. The molecule has 6 nitrogen and oxygen atoms in total. The van der Waals surface area contributed by atoms with Crippen molar-refractivity contribution in [3.05, 3.63) is 59.4 Å². The Kier molecular flexibility index (Phi) is 5.99. The van der Waals surface area contributed by atoms with Gasteiger partial charge in [0.25, 0.3) is 0 Å². The summed E-state index contributed by atoms with van der Waals surface area (Å²) in [5.74, 6) is -0.982. The molecule has 0 saturated carbocycles. The molecule has 0 aliphatic carbocycles. The Labute approximate surface area is 153 Å². The van der Waals surface area contributed by atoms with E-state index in [2.05, 4.69) is 5.32 Å². The maximum absolute atomic E-state index is 13.2. The lowest BCUT2D eigenvalue weighted by Gasteiger charge is -2.27. The van der Waals surface area contributed by atoms with Crippen molar-refractivity contribution >= 4 is 27.5 Å². The fourth-order valence-electron chi connectivity index (χ4n) is 2.32. The van der Waals surface area contributed by atoms with Crippen molar-refractivity contribution in [3.63, 3.8) is 0 Å². The first-order valence-corrected chi connectivity index (χ1v) is 9.34. The zero-order valence-electron chi connectivity index (χ0n) is 15.2. The van der Waals surface area contributed by atoms with Crippen molar-refractivity contribution in [1.82, 2.24) is 4.31 Å². The van der Waals surface area contributed by atoms with Gasteiger partial charge in [0.05, 0.1) is 5.69 Å². The number of aryl methyl sites for hydroxylation is 1. The van der Waals surface area contributed by atoms with E-state index < -0.39 is 28.5 Å². The van der Waals surface area contributed by atoms with Gasteiger partial charge in [-0.3, -0.25) is 4.79 Å². The third-order valence-corrected chi connectivity index (χ3v) is 5.84. The highest BCUT2D eigenvalue weighted by molar-refractivity contribution is 7.90. The topological polar surface area (TPSA) is 69.7 Å². The minimum atomic E-state index is -3.93. The van der Waals surface area contributed by atoms with Gasteiger partial charge in [-0.2, -0.15) is 12.7 Å². The highest BCUT2D eigenvalue weighted by Crippen LogP contribution is 2.21. The molecule has 0 unspecified atom stereocenters. The second-order valence-corrected chi connectivity index (χ2v) is 8.14. The normalized spacial score (nSPS) is 11.5. The molecule has 2 rings (SSSR count). The van der Waals surface area contributed by atoms with E-state index in [9.17, 15) is 17.6 Å². The lowest BCUT2D eigenvalue weighted by Crippen LogP contribution is -2.44. The van der Waals surface area contributed by atoms with E-state index in [4.69, 9.17) is 0 Å². The molecule has 1 amide bonds. The summed E-state index contributed by atoms with van der Waals surface area (Å²) in [5.41, 5.74) is 2.75. The van der Waals surface area contributed by atoms with E-state index in [0.29, 0.717) is 5.69 Å². The van der Waals surface area contributed by atoms with Crippen LogP contribution >= 0.6 is 0 Å². The number of rotatable bonds is 6. The summed E-state index contributed by atoms with van der Waals surface area (Å²) in [7, 11) is -1.19. The van der Waals surface area contributed by atoms with Crippen molar-refractivity contribution in [2.24, 2.45) is 0 Å². The highest BCUT2D eigenvalue weighted by atomic mass is 32.2. The zero-order chi connectivity index (χ0) is 19.5. The van der Waals surface area contributed by atoms with Crippen LogP contribution in [0, 0.1) is 19.7 Å². The van der Waals surface area contributed by atoms with Crippen LogP contribution in [0.3, 0.4) is 0 Å². The van der Waals surface area contributed by atoms with Crippen molar-refractivity contribution in [2.45, 2.75) is 13.8 Å². The quantitative estimate of drug-likeness (QED) is 0.839. The molecule has 8 heteroatoms.